The Morgan fingerprint density at radius 2 is 1.81 bits per heavy atom. The van der Waals surface area contributed by atoms with Crippen molar-refractivity contribution >= 4 is 23.3 Å². The zero-order chi connectivity index (χ0) is 19.2. The minimum Gasteiger partial charge on any atom is -0.352 e. The number of hydrogen-bond donors (Lipinski definition) is 0. The van der Waals surface area contributed by atoms with Crippen LogP contribution in [0.1, 0.15) is 51.0 Å². The molecule has 0 bridgehead atoms. The van der Waals surface area contributed by atoms with E-state index in [2.05, 4.69) is 11.9 Å². The second-order valence-electron chi connectivity index (χ2n) is 6.56. The Kier molecular flexibility index (Phi) is 7.55. The van der Waals surface area contributed by atoms with E-state index in [1.54, 1.807) is 0 Å². The highest BCUT2D eigenvalue weighted by atomic mass is 35.5. The van der Waals surface area contributed by atoms with Gasteiger partial charge in [0.2, 0.25) is 5.91 Å². The van der Waals surface area contributed by atoms with Gasteiger partial charge in [-0.2, -0.15) is 13.2 Å². The number of amides is 1. The maximum atomic E-state index is 12.7. The summed E-state index contributed by atoms with van der Waals surface area (Å²) in [7, 11) is 0. The Morgan fingerprint density at radius 1 is 1.15 bits per heavy atom. The molecule has 1 fully saturated rings. The fourth-order valence-electron chi connectivity index (χ4n) is 3.02. The van der Waals surface area contributed by atoms with Crippen LogP contribution in [0.15, 0.2) is 12.3 Å². The summed E-state index contributed by atoms with van der Waals surface area (Å²) in [5.74, 6) is 0.485. The van der Waals surface area contributed by atoms with E-state index in [9.17, 15) is 18.0 Å². The van der Waals surface area contributed by atoms with Gasteiger partial charge in [0.05, 0.1) is 10.6 Å². The molecule has 1 aliphatic heterocycles. The average Bonchev–Trinajstić information content (AvgIpc) is 2.60. The molecule has 0 unspecified atom stereocenters. The number of carbonyl (C=O) groups excluding carboxylic acids is 1. The van der Waals surface area contributed by atoms with Gasteiger partial charge in [0, 0.05) is 38.8 Å². The highest BCUT2D eigenvalue weighted by Gasteiger charge is 2.32. The Hall–Kier alpha value is -1.50. The zero-order valence-corrected chi connectivity index (χ0v) is 15.7. The molecule has 0 saturated carbocycles. The molecule has 0 aromatic carbocycles. The number of aromatic nitrogens is 1. The minimum atomic E-state index is -4.46. The number of piperazine rings is 1. The number of rotatable bonds is 7. The van der Waals surface area contributed by atoms with Crippen molar-refractivity contribution in [3.63, 3.8) is 0 Å². The number of anilines is 1. The second kappa shape index (κ2) is 9.44. The van der Waals surface area contributed by atoms with E-state index in [0.717, 1.165) is 31.5 Å². The van der Waals surface area contributed by atoms with E-state index in [-0.39, 0.29) is 10.9 Å². The van der Waals surface area contributed by atoms with E-state index in [1.807, 2.05) is 9.80 Å². The maximum absolute atomic E-state index is 12.7. The maximum Gasteiger partial charge on any atom is 0.417 e. The summed E-state index contributed by atoms with van der Waals surface area (Å²) in [6, 6.07) is 0.901. The third kappa shape index (κ3) is 5.76. The highest BCUT2D eigenvalue weighted by Crippen LogP contribution is 2.33. The number of alkyl halides is 3. The molecule has 0 radical (unpaired) electrons. The summed E-state index contributed by atoms with van der Waals surface area (Å²) in [4.78, 5) is 19.8. The minimum absolute atomic E-state index is 0.0180. The largest absolute Gasteiger partial charge is 0.417 e. The van der Waals surface area contributed by atoms with Crippen LogP contribution < -0.4 is 4.90 Å². The van der Waals surface area contributed by atoms with Crippen LogP contribution >= 0.6 is 11.6 Å². The lowest BCUT2D eigenvalue weighted by atomic mass is 10.1. The molecule has 2 rings (SSSR count). The number of nitrogens with zero attached hydrogens (tertiary/aromatic N) is 3. The van der Waals surface area contributed by atoms with Crippen LogP contribution in [0.3, 0.4) is 0 Å². The first-order chi connectivity index (χ1) is 12.3. The lowest BCUT2D eigenvalue weighted by molar-refractivity contribution is -0.137. The molecule has 0 spiro atoms. The quantitative estimate of drug-likeness (QED) is 0.628. The third-order valence-electron chi connectivity index (χ3n) is 4.58. The molecule has 1 aliphatic rings. The van der Waals surface area contributed by atoms with Crippen molar-refractivity contribution in [1.29, 1.82) is 0 Å². The summed E-state index contributed by atoms with van der Waals surface area (Å²) < 4.78 is 38.1. The molecule has 1 amide bonds. The molecular formula is C18H25ClF3N3O. The van der Waals surface area contributed by atoms with Gasteiger partial charge in [-0.05, 0) is 12.5 Å². The van der Waals surface area contributed by atoms with Gasteiger partial charge in [-0.3, -0.25) is 4.79 Å². The molecule has 0 aliphatic carbocycles. The lowest BCUT2D eigenvalue weighted by Crippen LogP contribution is -2.49. The van der Waals surface area contributed by atoms with E-state index >= 15 is 0 Å². The topological polar surface area (TPSA) is 36.4 Å². The molecule has 1 aromatic heterocycles. The van der Waals surface area contributed by atoms with Gasteiger partial charge < -0.3 is 9.80 Å². The molecule has 4 nitrogen and oxygen atoms in total. The van der Waals surface area contributed by atoms with Crippen LogP contribution in [0.4, 0.5) is 19.0 Å². The highest BCUT2D eigenvalue weighted by molar-refractivity contribution is 6.33. The third-order valence-corrected chi connectivity index (χ3v) is 4.85. The smallest absolute Gasteiger partial charge is 0.352 e. The first-order valence-electron chi connectivity index (χ1n) is 9.08. The van der Waals surface area contributed by atoms with Gasteiger partial charge in [0.25, 0.3) is 0 Å². The predicted octanol–water partition coefficient (Wildman–Crippen LogP) is 4.76. The Morgan fingerprint density at radius 3 is 2.38 bits per heavy atom. The zero-order valence-electron chi connectivity index (χ0n) is 15.0. The van der Waals surface area contributed by atoms with Crippen molar-refractivity contribution in [3.05, 3.63) is 22.8 Å². The molecule has 1 aromatic rings. The molecule has 8 heteroatoms. The number of halogens is 4. The molecule has 26 heavy (non-hydrogen) atoms. The van der Waals surface area contributed by atoms with Crippen molar-refractivity contribution < 1.29 is 18.0 Å². The number of carbonyl (C=O) groups is 1. The van der Waals surface area contributed by atoms with Gasteiger partial charge in [0.1, 0.15) is 5.82 Å². The van der Waals surface area contributed by atoms with Crippen LogP contribution in [-0.2, 0) is 11.0 Å². The van der Waals surface area contributed by atoms with Crippen molar-refractivity contribution in [2.75, 3.05) is 31.1 Å². The van der Waals surface area contributed by atoms with Crippen LogP contribution in [0.5, 0.6) is 0 Å². The average molecular weight is 392 g/mol. The van der Waals surface area contributed by atoms with Crippen molar-refractivity contribution in [3.8, 4) is 0 Å². The van der Waals surface area contributed by atoms with Crippen LogP contribution in [-0.4, -0.2) is 42.0 Å². The summed E-state index contributed by atoms with van der Waals surface area (Å²) >= 11 is 5.99. The first kappa shape index (κ1) is 20.8. The van der Waals surface area contributed by atoms with Gasteiger partial charge in [-0.15, -0.1) is 0 Å². The number of unbranched alkanes of at least 4 members (excludes halogenated alkanes) is 4. The van der Waals surface area contributed by atoms with Crippen LogP contribution in [0.2, 0.25) is 5.02 Å². The molecule has 1 saturated heterocycles. The Bertz CT molecular complexity index is 602. The molecule has 2 heterocycles. The monoisotopic (exact) mass is 391 g/mol. The van der Waals surface area contributed by atoms with Gasteiger partial charge in [-0.25, -0.2) is 4.98 Å². The van der Waals surface area contributed by atoms with Gasteiger partial charge >= 0.3 is 6.18 Å². The van der Waals surface area contributed by atoms with Crippen molar-refractivity contribution in [1.82, 2.24) is 9.88 Å². The predicted molar refractivity (Wildman–Crippen MR) is 96.4 cm³/mol. The molecule has 0 atom stereocenters. The van der Waals surface area contributed by atoms with Crippen LogP contribution in [0, 0.1) is 0 Å². The summed E-state index contributed by atoms with van der Waals surface area (Å²) in [5.41, 5.74) is -0.858. The first-order valence-corrected chi connectivity index (χ1v) is 9.46. The summed E-state index contributed by atoms with van der Waals surface area (Å²) in [6.07, 6.45) is 2.42. The normalized spacial score (nSPS) is 15.4. The number of pyridine rings is 1. The van der Waals surface area contributed by atoms with Crippen molar-refractivity contribution in [2.45, 2.75) is 51.6 Å². The Balaban J connectivity index is 1.83. The SMILES string of the molecule is CCCCCCCC(=O)N1CCN(c2ncc(C(F)(F)F)cc2Cl)CC1. The van der Waals surface area contributed by atoms with E-state index in [0.29, 0.717) is 38.4 Å². The van der Waals surface area contributed by atoms with Crippen LogP contribution in [0.25, 0.3) is 0 Å². The van der Waals surface area contributed by atoms with Gasteiger partial charge in [0.15, 0.2) is 0 Å². The number of hydrogen-bond acceptors (Lipinski definition) is 3. The fourth-order valence-corrected chi connectivity index (χ4v) is 3.31. The van der Waals surface area contributed by atoms with E-state index in [4.69, 9.17) is 11.6 Å². The van der Waals surface area contributed by atoms with E-state index < -0.39 is 11.7 Å². The van der Waals surface area contributed by atoms with E-state index in [1.165, 1.54) is 12.8 Å². The Labute approximate surface area is 157 Å². The molecular weight excluding hydrogens is 367 g/mol. The molecule has 0 N–H and O–H groups in total. The summed E-state index contributed by atoms with van der Waals surface area (Å²) in [5, 5.41) is -0.0180. The van der Waals surface area contributed by atoms with Gasteiger partial charge in [-0.1, -0.05) is 44.2 Å². The standard InChI is InChI=1S/C18H25ClF3N3O/c1-2-3-4-5-6-7-16(26)24-8-10-25(11-9-24)17-15(19)12-14(13-23-17)18(20,21)22/h12-13H,2-11H2,1H3. The summed E-state index contributed by atoms with van der Waals surface area (Å²) in [6.45, 7) is 4.25. The fraction of sp³-hybridized carbons (Fsp3) is 0.667. The molecule has 146 valence electrons. The second-order valence-corrected chi connectivity index (χ2v) is 6.97. The van der Waals surface area contributed by atoms with Crippen molar-refractivity contribution in [2.24, 2.45) is 0 Å². The lowest BCUT2D eigenvalue weighted by Gasteiger charge is -2.36.